The maximum Gasteiger partial charge on any atom is 0.336 e. The molecule has 1 aromatic heterocycles. The first-order valence-corrected chi connectivity index (χ1v) is 7.04. The molecule has 0 saturated heterocycles. The lowest BCUT2D eigenvalue weighted by atomic mass is 10.0. The molecule has 0 amide bonds. The molecule has 0 bridgehead atoms. The van der Waals surface area contributed by atoms with Crippen LogP contribution < -0.4 is 0 Å². The number of aromatic carboxylic acids is 1. The van der Waals surface area contributed by atoms with Crippen LogP contribution in [0.3, 0.4) is 0 Å². The largest absolute Gasteiger partial charge is 0.508 e. The molecule has 0 aliphatic rings. The van der Waals surface area contributed by atoms with E-state index < -0.39 is 5.97 Å². The highest BCUT2D eigenvalue weighted by molar-refractivity contribution is 6.38. The second-order valence-electron chi connectivity index (χ2n) is 4.69. The van der Waals surface area contributed by atoms with Crippen LogP contribution in [0, 0.1) is 0 Å². The SMILES string of the molecule is O=C(O)c1cc(-c2cccc(O)c2)nc2c(Cl)cc(Cl)cc12. The van der Waals surface area contributed by atoms with Crippen LogP contribution in [0.1, 0.15) is 10.4 Å². The van der Waals surface area contributed by atoms with Crippen LogP contribution >= 0.6 is 23.2 Å². The van der Waals surface area contributed by atoms with Crippen LogP contribution in [0.4, 0.5) is 0 Å². The predicted octanol–water partition coefficient (Wildman–Crippen LogP) is 4.61. The Morgan fingerprint density at radius 1 is 1.09 bits per heavy atom. The molecule has 0 aliphatic carbocycles. The number of carbonyl (C=O) groups is 1. The van der Waals surface area contributed by atoms with Crippen LogP contribution in [0.2, 0.25) is 10.0 Å². The lowest BCUT2D eigenvalue weighted by Crippen LogP contribution is -2.00. The van der Waals surface area contributed by atoms with Crippen LogP contribution in [0.25, 0.3) is 22.2 Å². The van der Waals surface area contributed by atoms with Gasteiger partial charge in [-0.25, -0.2) is 9.78 Å². The number of carboxylic acid groups (broad SMARTS) is 1. The van der Waals surface area contributed by atoms with Crippen molar-refractivity contribution in [1.82, 2.24) is 4.98 Å². The fourth-order valence-electron chi connectivity index (χ4n) is 2.24. The van der Waals surface area contributed by atoms with Gasteiger partial charge in [-0.1, -0.05) is 35.3 Å². The van der Waals surface area contributed by atoms with Crippen LogP contribution in [0.5, 0.6) is 5.75 Å². The molecule has 0 fully saturated rings. The zero-order valence-corrected chi connectivity index (χ0v) is 12.6. The Morgan fingerprint density at radius 2 is 1.86 bits per heavy atom. The molecule has 3 rings (SSSR count). The summed E-state index contributed by atoms with van der Waals surface area (Å²) in [5.74, 6) is -1.04. The fourth-order valence-corrected chi connectivity index (χ4v) is 2.78. The van der Waals surface area contributed by atoms with Gasteiger partial charge in [-0.2, -0.15) is 0 Å². The zero-order chi connectivity index (χ0) is 15.9. The van der Waals surface area contributed by atoms with E-state index in [4.69, 9.17) is 23.2 Å². The summed E-state index contributed by atoms with van der Waals surface area (Å²) in [7, 11) is 0. The number of nitrogens with zero attached hydrogens (tertiary/aromatic N) is 1. The number of aromatic nitrogens is 1. The lowest BCUT2D eigenvalue weighted by Gasteiger charge is -2.09. The summed E-state index contributed by atoms with van der Waals surface area (Å²) >= 11 is 12.1. The van der Waals surface area contributed by atoms with Crippen molar-refractivity contribution in [3.05, 3.63) is 58.1 Å². The van der Waals surface area contributed by atoms with E-state index in [1.165, 1.54) is 30.3 Å². The van der Waals surface area contributed by atoms with E-state index in [-0.39, 0.29) is 16.3 Å². The molecule has 0 saturated carbocycles. The average Bonchev–Trinajstić information content (AvgIpc) is 2.46. The van der Waals surface area contributed by atoms with Crippen LogP contribution in [-0.2, 0) is 0 Å². The molecule has 0 spiro atoms. The molecule has 2 N–H and O–H groups in total. The molecule has 110 valence electrons. The lowest BCUT2D eigenvalue weighted by molar-refractivity contribution is 0.0699. The second-order valence-corrected chi connectivity index (χ2v) is 5.54. The number of pyridine rings is 1. The second kappa shape index (κ2) is 5.48. The summed E-state index contributed by atoms with van der Waals surface area (Å²) in [4.78, 5) is 15.9. The number of benzene rings is 2. The number of aromatic hydroxyl groups is 1. The number of carboxylic acids is 1. The number of hydrogen-bond acceptors (Lipinski definition) is 3. The number of phenols is 1. The number of halogens is 2. The Bertz CT molecular complexity index is 909. The smallest absolute Gasteiger partial charge is 0.336 e. The maximum absolute atomic E-state index is 11.5. The molecule has 0 atom stereocenters. The van der Waals surface area contributed by atoms with Gasteiger partial charge in [-0.15, -0.1) is 0 Å². The number of rotatable bonds is 2. The number of hydrogen-bond donors (Lipinski definition) is 2. The van der Waals surface area contributed by atoms with Crippen molar-refractivity contribution in [2.45, 2.75) is 0 Å². The van der Waals surface area contributed by atoms with Crippen molar-refractivity contribution < 1.29 is 15.0 Å². The van der Waals surface area contributed by atoms with E-state index in [0.29, 0.717) is 27.2 Å². The quantitative estimate of drug-likeness (QED) is 0.718. The van der Waals surface area contributed by atoms with Crippen molar-refractivity contribution in [2.75, 3.05) is 0 Å². The first-order valence-electron chi connectivity index (χ1n) is 6.28. The van der Waals surface area contributed by atoms with Gasteiger partial charge in [0.25, 0.3) is 0 Å². The molecule has 1 heterocycles. The van der Waals surface area contributed by atoms with Crippen molar-refractivity contribution in [1.29, 1.82) is 0 Å². The average molecular weight is 334 g/mol. The molecular weight excluding hydrogens is 325 g/mol. The monoisotopic (exact) mass is 333 g/mol. The van der Waals surface area contributed by atoms with Gasteiger partial charge in [-0.3, -0.25) is 0 Å². The van der Waals surface area contributed by atoms with Gasteiger partial charge in [0.05, 0.1) is 21.8 Å². The summed E-state index contributed by atoms with van der Waals surface area (Å²) in [5.41, 5.74) is 1.40. The molecular formula is C16H9Cl2NO3. The van der Waals surface area contributed by atoms with E-state index in [2.05, 4.69) is 4.98 Å². The van der Waals surface area contributed by atoms with Gasteiger partial charge in [0.2, 0.25) is 0 Å². The highest BCUT2D eigenvalue weighted by atomic mass is 35.5. The predicted molar refractivity (Wildman–Crippen MR) is 85.8 cm³/mol. The van der Waals surface area contributed by atoms with Gasteiger partial charge in [0.1, 0.15) is 5.75 Å². The molecule has 2 aromatic carbocycles. The minimum absolute atomic E-state index is 0.0488. The summed E-state index contributed by atoms with van der Waals surface area (Å²) in [6.07, 6.45) is 0. The van der Waals surface area contributed by atoms with E-state index in [9.17, 15) is 15.0 Å². The highest BCUT2D eigenvalue weighted by Crippen LogP contribution is 2.32. The van der Waals surface area contributed by atoms with Crippen molar-refractivity contribution >= 4 is 40.1 Å². The van der Waals surface area contributed by atoms with Crippen molar-refractivity contribution in [2.24, 2.45) is 0 Å². The molecule has 4 nitrogen and oxygen atoms in total. The topological polar surface area (TPSA) is 70.4 Å². The Balaban J connectivity index is 2.37. The molecule has 22 heavy (non-hydrogen) atoms. The molecule has 3 aromatic rings. The van der Waals surface area contributed by atoms with E-state index in [1.54, 1.807) is 12.1 Å². The van der Waals surface area contributed by atoms with E-state index >= 15 is 0 Å². The zero-order valence-electron chi connectivity index (χ0n) is 11.0. The van der Waals surface area contributed by atoms with Gasteiger partial charge in [0, 0.05) is 16.0 Å². The molecule has 0 radical (unpaired) electrons. The molecule has 6 heteroatoms. The number of phenolic OH excluding ortho intramolecular Hbond substituents is 1. The highest BCUT2D eigenvalue weighted by Gasteiger charge is 2.16. The van der Waals surface area contributed by atoms with Crippen LogP contribution in [-0.4, -0.2) is 21.2 Å². The summed E-state index contributed by atoms with van der Waals surface area (Å²) in [6.45, 7) is 0. The summed E-state index contributed by atoms with van der Waals surface area (Å²) < 4.78 is 0. The van der Waals surface area contributed by atoms with Gasteiger partial charge in [-0.05, 0) is 30.3 Å². The van der Waals surface area contributed by atoms with E-state index in [0.717, 1.165) is 0 Å². The van der Waals surface area contributed by atoms with Crippen LogP contribution in [0.15, 0.2) is 42.5 Å². The Kier molecular flexibility index (Phi) is 3.64. The van der Waals surface area contributed by atoms with Gasteiger partial charge >= 0.3 is 5.97 Å². The van der Waals surface area contributed by atoms with Gasteiger partial charge < -0.3 is 10.2 Å². The number of fused-ring (bicyclic) bond motifs is 1. The standard InChI is InChI=1S/C16H9Cl2NO3/c17-9-5-11-12(16(21)22)7-14(19-15(11)13(18)6-9)8-2-1-3-10(20)4-8/h1-7,20H,(H,21,22). The molecule has 0 aliphatic heterocycles. The van der Waals surface area contributed by atoms with Gasteiger partial charge in [0.15, 0.2) is 0 Å². The third-order valence-electron chi connectivity index (χ3n) is 3.20. The summed E-state index contributed by atoms with van der Waals surface area (Å²) in [5, 5.41) is 20.0. The maximum atomic E-state index is 11.5. The third-order valence-corrected chi connectivity index (χ3v) is 3.71. The van der Waals surface area contributed by atoms with E-state index in [1.807, 2.05) is 0 Å². The normalized spacial score (nSPS) is 10.8. The molecule has 0 unspecified atom stereocenters. The minimum atomic E-state index is -1.10. The summed E-state index contributed by atoms with van der Waals surface area (Å²) in [6, 6.07) is 10.9. The Hall–Kier alpha value is -2.30. The Morgan fingerprint density at radius 3 is 2.55 bits per heavy atom. The third kappa shape index (κ3) is 2.58. The van der Waals surface area contributed by atoms with Crippen molar-refractivity contribution in [3.63, 3.8) is 0 Å². The Labute approximate surface area is 135 Å². The first-order chi connectivity index (χ1) is 10.5. The first kappa shape index (κ1) is 14.6. The fraction of sp³-hybridized carbons (Fsp3) is 0. The minimum Gasteiger partial charge on any atom is -0.508 e. The van der Waals surface area contributed by atoms with Crippen molar-refractivity contribution in [3.8, 4) is 17.0 Å².